The van der Waals surface area contributed by atoms with Gasteiger partial charge in [0, 0.05) is 18.5 Å². The van der Waals surface area contributed by atoms with E-state index in [1.165, 1.54) is 6.42 Å². The molecule has 2 unspecified atom stereocenters. The van der Waals surface area contributed by atoms with Crippen molar-refractivity contribution in [1.82, 2.24) is 4.98 Å². The van der Waals surface area contributed by atoms with Crippen molar-refractivity contribution in [3.63, 3.8) is 0 Å². The van der Waals surface area contributed by atoms with E-state index in [4.69, 9.17) is 9.84 Å². The highest BCUT2D eigenvalue weighted by atomic mass is 16.7. The largest absolute Gasteiger partial charge is 0.511 e. The number of para-hydroxylation sites is 1. The summed E-state index contributed by atoms with van der Waals surface area (Å²) in [7, 11) is 0. The van der Waals surface area contributed by atoms with Crippen molar-refractivity contribution in [1.29, 1.82) is 0 Å². The highest BCUT2D eigenvalue weighted by Gasteiger charge is 2.26. The predicted octanol–water partition coefficient (Wildman–Crippen LogP) is 3.77. The Morgan fingerprint density at radius 1 is 1.27 bits per heavy atom. The maximum atomic E-state index is 11.0. The van der Waals surface area contributed by atoms with E-state index in [1.54, 1.807) is 6.07 Å². The Balaban J connectivity index is 2.06. The van der Waals surface area contributed by atoms with Gasteiger partial charge in [0.1, 0.15) is 0 Å². The summed E-state index contributed by atoms with van der Waals surface area (Å²) in [5.41, 5.74) is 0.848. The Kier molecular flexibility index (Phi) is 3.88. The number of hydrogen-bond acceptors (Lipinski definition) is 4. The van der Waals surface area contributed by atoms with Gasteiger partial charge in [0.2, 0.25) is 0 Å². The lowest BCUT2D eigenvalue weighted by atomic mass is 9.92. The molecule has 1 aliphatic heterocycles. The van der Waals surface area contributed by atoms with Crippen LogP contribution in [0.2, 0.25) is 0 Å². The van der Waals surface area contributed by atoms with E-state index in [2.05, 4.69) is 23.7 Å². The standard InChI is InChI=1S/C17H20N2O3/c1-11-7-12(2)10-19(9-11)16-15(22-17(20)21)8-13-5-3-4-6-14(13)18-16/h3-6,8,11-12H,7,9-10H2,1-2H3,(H,20,21). The first-order valence-corrected chi connectivity index (χ1v) is 7.58. The van der Waals surface area contributed by atoms with Crippen LogP contribution in [0.5, 0.6) is 5.75 Å². The Labute approximate surface area is 129 Å². The number of aromatic nitrogens is 1. The summed E-state index contributed by atoms with van der Waals surface area (Å²) in [4.78, 5) is 17.8. The molecule has 0 saturated carbocycles. The molecule has 1 N–H and O–H groups in total. The first-order chi connectivity index (χ1) is 10.5. The molecule has 5 nitrogen and oxygen atoms in total. The zero-order chi connectivity index (χ0) is 15.7. The second kappa shape index (κ2) is 5.83. The number of piperidine rings is 1. The minimum Gasteiger partial charge on any atom is -0.449 e. The van der Waals surface area contributed by atoms with Crippen LogP contribution in [0, 0.1) is 11.8 Å². The number of rotatable bonds is 2. The molecule has 1 aromatic carbocycles. The highest BCUT2D eigenvalue weighted by Crippen LogP contribution is 2.34. The average Bonchev–Trinajstić information content (AvgIpc) is 2.45. The molecule has 2 heterocycles. The molecule has 5 heteroatoms. The predicted molar refractivity (Wildman–Crippen MR) is 85.6 cm³/mol. The maximum absolute atomic E-state index is 11.0. The SMILES string of the molecule is CC1CC(C)CN(c2nc3ccccc3cc2OC(=O)O)C1. The van der Waals surface area contributed by atoms with E-state index in [-0.39, 0.29) is 0 Å². The molecular weight excluding hydrogens is 280 g/mol. The molecule has 3 rings (SSSR count). The molecule has 116 valence electrons. The van der Waals surface area contributed by atoms with Crippen LogP contribution in [-0.4, -0.2) is 29.3 Å². The van der Waals surface area contributed by atoms with Gasteiger partial charge in [-0.2, -0.15) is 0 Å². The molecule has 1 fully saturated rings. The van der Waals surface area contributed by atoms with Gasteiger partial charge in [-0.25, -0.2) is 9.78 Å². The summed E-state index contributed by atoms with van der Waals surface area (Å²) >= 11 is 0. The Bertz CT molecular complexity index is 691. The highest BCUT2D eigenvalue weighted by molar-refractivity contribution is 5.84. The van der Waals surface area contributed by atoms with Crippen molar-refractivity contribution in [3.05, 3.63) is 30.3 Å². The van der Waals surface area contributed by atoms with Crippen LogP contribution < -0.4 is 9.64 Å². The number of carboxylic acid groups (broad SMARTS) is 1. The zero-order valence-electron chi connectivity index (χ0n) is 12.8. The van der Waals surface area contributed by atoms with E-state index in [0.29, 0.717) is 23.4 Å². The second-order valence-electron chi connectivity index (χ2n) is 6.22. The van der Waals surface area contributed by atoms with E-state index >= 15 is 0 Å². The second-order valence-corrected chi connectivity index (χ2v) is 6.22. The molecule has 22 heavy (non-hydrogen) atoms. The lowest BCUT2D eigenvalue weighted by Crippen LogP contribution is -2.39. The number of hydrogen-bond donors (Lipinski definition) is 1. The minimum absolute atomic E-state index is 0.313. The summed E-state index contributed by atoms with van der Waals surface area (Å²) in [5, 5.41) is 9.87. The quantitative estimate of drug-likeness (QED) is 0.855. The molecule has 1 aromatic heterocycles. The fourth-order valence-corrected chi connectivity index (χ4v) is 3.32. The monoisotopic (exact) mass is 300 g/mol. The Hall–Kier alpha value is -2.30. The van der Waals surface area contributed by atoms with Crippen LogP contribution in [0.15, 0.2) is 30.3 Å². The van der Waals surface area contributed by atoms with Gasteiger partial charge in [-0.3, -0.25) is 0 Å². The summed E-state index contributed by atoms with van der Waals surface area (Å²) in [5.74, 6) is 2.04. The van der Waals surface area contributed by atoms with E-state index in [0.717, 1.165) is 24.0 Å². The summed E-state index contributed by atoms with van der Waals surface area (Å²) in [6.07, 6.45) is -0.129. The van der Waals surface area contributed by atoms with Gasteiger partial charge in [0.05, 0.1) is 5.52 Å². The smallest absolute Gasteiger partial charge is 0.449 e. The van der Waals surface area contributed by atoms with Crippen LogP contribution in [0.1, 0.15) is 20.3 Å². The van der Waals surface area contributed by atoms with Gasteiger partial charge < -0.3 is 14.7 Å². The normalized spacial score (nSPS) is 21.8. The molecule has 0 bridgehead atoms. The number of ether oxygens (including phenoxy) is 1. The number of fused-ring (bicyclic) bond motifs is 1. The van der Waals surface area contributed by atoms with Crippen molar-refractivity contribution in [3.8, 4) is 5.75 Å². The van der Waals surface area contributed by atoms with Gasteiger partial charge in [0.25, 0.3) is 0 Å². The summed E-state index contributed by atoms with van der Waals surface area (Å²) in [6.45, 7) is 6.15. The van der Waals surface area contributed by atoms with Crippen LogP contribution in [-0.2, 0) is 0 Å². The van der Waals surface area contributed by atoms with Crippen LogP contribution >= 0.6 is 0 Å². The van der Waals surface area contributed by atoms with Crippen molar-refractivity contribution < 1.29 is 14.6 Å². The zero-order valence-corrected chi connectivity index (χ0v) is 12.8. The number of anilines is 1. The van der Waals surface area contributed by atoms with Gasteiger partial charge >= 0.3 is 6.16 Å². The number of nitrogens with zero attached hydrogens (tertiary/aromatic N) is 2. The van der Waals surface area contributed by atoms with Crippen molar-refractivity contribution in [2.45, 2.75) is 20.3 Å². The molecular formula is C17H20N2O3. The minimum atomic E-state index is -1.31. The molecule has 0 spiro atoms. The topological polar surface area (TPSA) is 62.7 Å². The van der Waals surface area contributed by atoms with Gasteiger partial charge in [0.15, 0.2) is 11.6 Å². The lowest BCUT2D eigenvalue weighted by molar-refractivity contribution is 0.144. The van der Waals surface area contributed by atoms with Crippen LogP contribution in [0.25, 0.3) is 10.9 Å². The fraction of sp³-hybridized carbons (Fsp3) is 0.412. The Morgan fingerprint density at radius 2 is 1.95 bits per heavy atom. The average molecular weight is 300 g/mol. The van der Waals surface area contributed by atoms with Crippen molar-refractivity contribution in [2.24, 2.45) is 11.8 Å². The van der Waals surface area contributed by atoms with Gasteiger partial charge in [-0.1, -0.05) is 32.0 Å². The van der Waals surface area contributed by atoms with E-state index in [1.807, 2.05) is 24.3 Å². The first kappa shape index (κ1) is 14.6. The third-order valence-corrected chi connectivity index (χ3v) is 4.04. The molecule has 0 amide bonds. The maximum Gasteiger partial charge on any atom is 0.511 e. The molecule has 1 aliphatic rings. The number of carbonyl (C=O) groups is 1. The number of pyridine rings is 1. The molecule has 2 aromatic rings. The number of benzene rings is 1. The Morgan fingerprint density at radius 3 is 2.64 bits per heavy atom. The molecule has 0 aliphatic carbocycles. The van der Waals surface area contributed by atoms with Gasteiger partial charge in [-0.05, 0) is 30.4 Å². The van der Waals surface area contributed by atoms with Gasteiger partial charge in [-0.15, -0.1) is 0 Å². The lowest BCUT2D eigenvalue weighted by Gasteiger charge is -2.36. The molecule has 1 saturated heterocycles. The summed E-state index contributed by atoms with van der Waals surface area (Å²) in [6, 6.07) is 9.43. The fourth-order valence-electron chi connectivity index (χ4n) is 3.32. The third-order valence-electron chi connectivity index (χ3n) is 4.04. The van der Waals surface area contributed by atoms with Crippen LogP contribution in [0.4, 0.5) is 10.6 Å². The summed E-state index contributed by atoms with van der Waals surface area (Å²) < 4.78 is 4.99. The first-order valence-electron chi connectivity index (χ1n) is 7.58. The van der Waals surface area contributed by atoms with Crippen LogP contribution in [0.3, 0.4) is 0 Å². The molecule has 2 atom stereocenters. The van der Waals surface area contributed by atoms with Crippen molar-refractivity contribution in [2.75, 3.05) is 18.0 Å². The van der Waals surface area contributed by atoms with E-state index in [9.17, 15) is 4.79 Å². The van der Waals surface area contributed by atoms with Crippen molar-refractivity contribution >= 4 is 22.9 Å². The molecule has 0 radical (unpaired) electrons. The third kappa shape index (κ3) is 2.98. The van der Waals surface area contributed by atoms with E-state index < -0.39 is 6.16 Å².